The van der Waals surface area contributed by atoms with Crippen molar-refractivity contribution in [3.63, 3.8) is 0 Å². The standard InChI is InChI=1S/C10H13ClN4O4S/c11-8-20(18,19)14-5-3-13(4-6-14)10-2-1-9(7-12-10)15(16)17/h1-2,7H,3-6,8H2. The molecule has 0 saturated carbocycles. The highest BCUT2D eigenvalue weighted by Gasteiger charge is 2.26. The Kier molecular flexibility index (Phi) is 4.41. The van der Waals surface area contributed by atoms with Crippen LogP contribution >= 0.6 is 11.6 Å². The summed E-state index contributed by atoms with van der Waals surface area (Å²) in [6, 6.07) is 2.94. The fraction of sp³-hybridized carbons (Fsp3) is 0.500. The molecule has 1 saturated heterocycles. The fourth-order valence-corrected chi connectivity index (χ4v) is 3.21. The van der Waals surface area contributed by atoms with E-state index in [1.54, 1.807) is 6.07 Å². The van der Waals surface area contributed by atoms with Gasteiger partial charge in [-0.1, -0.05) is 0 Å². The smallest absolute Gasteiger partial charge is 0.287 e. The van der Waals surface area contributed by atoms with Crippen molar-refractivity contribution in [2.45, 2.75) is 0 Å². The number of nitrogens with zero attached hydrogens (tertiary/aromatic N) is 4. The van der Waals surface area contributed by atoms with Crippen molar-refractivity contribution in [2.75, 3.05) is 36.3 Å². The van der Waals surface area contributed by atoms with Crippen molar-refractivity contribution in [1.29, 1.82) is 0 Å². The van der Waals surface area contributed by atoms with Gasteiger partial charge < -0.3 is 4.90 Å². The number of hydrogen-bond acceptors (Lipinski definition) is 6. The number of alkyl halides is 1. The third kappa shape index (κ3) is 3.17. The SMILES string of the molecule is O=[N+]([O-])c1ccc(N2CCN(S(=O)(=O)CCl)CC2)nc1. The lowest BCUT2D eigenvalue weighted by molar-refractivity contribution is -0.385. The molecule has 0 N–H and O–H groups in total. The number of halogens is 1. The molecule has 2 rings (SSSR count). The molecular formula is C10H13ClN4O4S. The molecule has 0 unspecified atom stereocenters. The number of aromatic nitrogens is 1. The minimum atomic E-state index is -3.38. The summed E-state index contributed by atoms with van der Waals surface area (Å²) in [6.45, 7) is 1.60. The van der Waals surface area contributed by atoms with Gasteiger partial charge in [-0.3, -0.25) is 10.1 Å². The zero-order chi connectivity index (χ0) is 14.8. The van der Waals surface area contributed by atoms with Gasteiger partial charge in [-0.15, -0.1) is 11.6 Å². The Hall–Kier alpha value is -1.45. The molecule has 2 heterocycles. The van der Waals surface area contributed by atoms with E-state index in [-0.39, 0.29) is 5.69 Å². The first-order chi connectivity index (χ1) is 9.44. The second kappa shape index (κ2) is 5.90. The van der Waals surface area contributed by atoms with Crippen LogP contribution in [-0.4, -0.2) is 54.0 Å². The van der Waals surface area contributed by atoms with E-state index in [1.165, 1.54) is 16.6 Å². The molecule has 0 atom stereocenters. The molecule has 8 nitrogen and oxygen atoms in total. The molecule has 20 heavy (non-hydrogen) atoms. The summed E-state index contributed by atoms with van der Waals surface area (Å²) < 4.78 is 24.5. The van der Waals surface area contributed by atoms with E-state index in [4.69, 9.17) is 11.6 Å². The van der Waals surface area contributed by atoms with Crippen LogP contribution in [0.5, 0.6) is 0 Å². The van der Waals surface area contributed by atoms with Crippen LogP contribution in [0.3, 0.4) is 0 Å². The lowest BCUT2D eigenvalue weighted by Gasteiger charge is -2.34. The maximum atomic E-state index is 11.6. The molecule has 0 radical (unpaired) electrons. The largest absolute Gasteiger partial charge is 0.354 e. The van der Waals surface area contributed by atoms with E-state index in [1.807, 2.05) is 4.90 Å². The number of rotatable bonds is 4. The Morgan fingerprint density at radius 3 is 2.40 bits per heavy atom. The van der Waals surface area contributed by atoms with Gasteiger partial charge in [0.2, 0.25) is 10.0 Å². The van der Waals surface area contributed by atoms with Crippen molar-refractivity contribution >= 4 is 33.1 Å². The molecule has 10 heteroatoms. The first kappa shape index (κ1) is 14.9. The average molecular weight is 321 g/mol. The number of hydrogen-bond donors (Lipinski definition) is 0. The van der Waals surface area contributed by atoms with Gasteiger partial charge in [0.05, 0.1) is 4.92 Å². The van der Waals surface area contributed by atoms with E-state index >= 15 is 0 Å². The molecule has 1 aliphatic rings. The predicted molar refractivity (Wildman–Crippen MR) is 74.3 cm³/mol. The summed E-state index contributed by atoms with van der Waals surface area (Å²) in [6.07, 6.45) is 1.19. The van der Waals surface area contributed by atoms with E-state index in [0.29, 0.717) is 32.0 Å². The second-order valence-electron chi connectivity index (χ2n) is 4.24. The van der Waals surface area contributed by atoms with Gasteiger partial charge in [-0.05, 0) is 6.07 Å². The van der Waals surface area contributed by atoms with Crippen molar-refractivity contribution in [3.05, 3.63) is 28.4 Å². The first-order valence-electron chi connectivity index (χ1n) is 5.83. The molecule has 1 aliphatic heterocycles. The Bertz CT molecular complexity index is 584. The van der Waals surface area contributed by atoms with Crippen LogP contribution in [0.25, 0.3) is 0 Å². The van der Waals surface area contributed by atoms with E-state index in [2.05, 4.69) is 4.98 Å². The van der Waals surface area contributed by atoms with E-state index in [9.17, 15) is 18.5 Å². The van der Waals surface area contributed by atoms with Crippen molar-refractivity contribution in [3.8, 4) is 0 Å². The van der Waals surface area contributed by atoms with Crippen molar-refractivity contribution in [1.82, 2.24) is 9.29 Å². The van der Waals surface area contributed by atoms with Crippen LogP contribution in [0.1, 0.15) is 0 Å². The molecule has 1 fully saturated rings. The topological polar surface area (TPSA) is 96.6 Å². The molecule has 1 aromatic rings. The summed E-state index contributed by atoms with van der Waals surface area (Å²) in [5.41, 5.74) is -0.0721. The molecule has 0 amide bonds. The monoisotopic (exact) mass is 320 g/mol. The maximum Gasteiger partial charge on any atom is 0.287 e. The number of sulfonamides is 1. The molecule has 0 spiro atoms. The Morgan fingerprint density at radius 1 is 1.30 bits per heavy atom. The van der Waals surface area contributed by atoms with Crippen LogP contribution in [-0.2, 0) is 10.0 Å². The van der Waals surface area contributed by atoms with Gasteiger partial charge in [0.1, 0.15) is 17.2 Å². The van der Waals surface area contributed by atoms with Crippen molar-refractivity contribution < 1.29 is 13.3 Å². The third-order valence-electron chi connectivity index (χ3n) is 3.04. The molecule has 110 valence electrons. The van der Waals surface area contributed by atoms with Gasteiger partial charge in [0, 0.05) is 32.2 Å². The molecule has 0 aromatic carbocycles. The van der Waals surface area contributed by atoms with Crippen LogP contribution < -0.4 is 4.90 Å². The van der Waals surface area contributed by atoms with Gasteiger partial charge in [0.25, 0.3) is 5.69 Å². The number of pyridine rings is 1. The number of nitro groups is 1. The van der Waals surface area contributed by atoms with E-state index < -0.39 is 20.2 Å². The van der Waals surface area contributed by atoms with E-state index in [0.717, 1.165) is 0 Å². The summed E-state index contributed by atoms with van der Waals surface area (Å²) in [5.74, 6) is 0.596. The molecule has 0 aliphatic carbocycles. The third-order valence-corrected chi connectivity index (χ3v) is 5.29. The Morgan fingerprint density at radius 2 is 1.95 bits per heavy atom. The highest BCUT2D eigenvalue weighted by Crippen LogP contribution is 2.18. The fourth-order valence-electron chi connectivity index (χ4n) is 1.94. The summed E-state index contributed by atoms with van der Waals surface area (Å²) >= 11 is 5.41. The van der Waals surface area contributed by atoms with Crippen LogP contribution in [0, 0.1) is 10.1 Å². The maximum absolute atomic E-state index is 11.6. The minimum absolute atomic E-state index is 0.0721. The lowest BCUT2D eigenvalue weighted by atomic mass is 10.3. The Balaban J connectivity index is 2.02. The number of piperazine rings is 1. The molecule has 0 bridgehead atoms. The zero-order valence-electron chi connectivity index (χ0n) is 10.5. The van der Waals surface area contributed by atoms with Crippen molar-refractivity contribution in [2.24, 2.45) is 0 Å². The average Bonchev–Trinajstić information content (AvgIpc) is 2.47. The van der Waals surface area contributed by atoms with Crippen LogP contribution in [0.4, 0.5) is 11.5 Å². The Labute approximate surface area is 121 Å². The van der Waals surface area contributed by atoms with Gasteiger partial charge in [-0.25, -0.2) is 13.4 Å². The quantitative estimate of drug-likeness (QED) is 0.459. The first-order valence-corrected chi connectivity index (χ1v) is 7.97. The summed E-state index contributed by atoms with van der Waals surface area (Å²) in [5, 5.41) is 10.1. The molecule has 1 aromatic heterocycles. The van der Waals surface area contributed by atoms with Gasteiger partial charge in [-0.2, -0.15) is 4.31 Å². The highest BCUT2D eigenvalue weighted by molar-refractivity contribution is 7.90. The summed E-state index contributed by atoms with van der Waals surface area (Å²) in [4.78, 5) is 15.9. The predicted octanol–water partition coefficient (Wildman–Crippen LogP) is 0.638. The highest BCUT2D eigenvalue weighted by atomic mass is 35.5. The lowest BCUT2D eigenvalue weighted by Crippen LogP contribution is -2.49. The zero-order valence-corrected chi connectivity index (χ0v) is 12.0. The summed E-state index contributed by atoms with van der Waals surface area (Å²) in [7, 11) is -3.38. The normalized spacial score (nSPS) is 17.1. The number of anilines is 1. The minimum Gasteiger partial charge on any atom is -0.354 e. The second-order valence-corrected chi connectivity index (χ2v) is 6.79. The van der Waals surface area contributed by atoms with Crippen LogP contribution in [0.15, 0.2) is 18.3 Å². The van der Waals surface area contributed by atoms with Crippen LogP contribution in [0.2, 0.25) is 0 Å². The molecular weight excluding hydrogens is 308 g/mol. The van der Waals surface area contributed by atoms with Gasteiger partial charge >= 0.3 is 0 Å². The van der Waals surface area contributed by atoms with Gasteiger partial charge in [0.15, 0.2) is 0 Å².